The van der Waals surface area contributed by atoms with E-state index in [2.05, 4.69) is 4.72 Å². The third-order valence-corrected chi connectivity index (χ3v) is 5.61. The lowest BCUT2D eigenvalue weighted by Gasteiger charge is -2.18. The van der Waals surface area contributed by atoms with Crippen molar-refractivity contribution in [1.82, 2.24) is 4.72 Å². The molecule has 1 aromatic rings. The average Bonchev–Trinajstić information content (AvgIpc) is 2.73. The van der Waals surface area contributed by atoms with Gasteiger partial charge in [-0.3, -0.25) is 10.1 Å². The van der Waals surface area contributed by atoms with E-state index < -0.39 is 14.9 Å². The number of nitrogens with two attached hydrogens (primary N) is 1. The highest BCUT2D eigenvalue weighted by atomic mass is 32.2. The van der Waals surface area contributed by atoms with Crippen LogP contribution >= 0.6 is 0 Å². The number of aryl methyl sites for hydroxylation is 1. The summed E-state index contributed by atoms with van der Waals surface area (Å²) in [5.41, 5.74) is 5.54. The molecular weight excluding hydrogens is 294 g/mol. The van der Waals surface area contributed by atoms with Crippen LogP contribution in [-0.2, 0) is 10.0 Å². The van der Waals surface area contributed by atoms with Crippen LogP contribution in [0.3, 0.4) is 0 Å². The van der Waals surface area contributed by atoms with E-state index in [-0.39, 0.29) is 28.2 Å². The Morgan fingerprint density at radius 1 is 1.38 bits per heavy atom. The van der Waals surface area contributed by atoms with E-state index in [0.717, 1.165) is 25.3 Å². The Bertz CT molecular complexity index is 672. The molecule has 2 atom stereocenters. The van der Waals surface area contributed by atoms with Crippen molar-refractivity contribution in [1.29, 1.82) is 0 Å². The van der Waals surface area contributed by atoms with Gasteiger partial charge < -0.3 is 5.73 Å². The van der Waals surface area contributed by atoms with Crippen LogP contribution in [0.1, 0.15) is 31.7 Å². The van der Waals surface area contributed by atoms with E-state index in [1.807, 2.05) is 6.92 Å². The van der Waals surface area contributed by atoms with Gasteiger partial charge in [-0.05, 0) is 37.3 Å². The number of sulfonamides is 1. The van der Waals surface area contributed by atoms with Crippen LogP contribution in [0.5, 0.6) is 0 Å². The maximum atomic E-state index is 12.5. The molecule has 7 nitrogen and oxygen atoms in total. The molecule has 2 rings (SSSR count). The third kappa shape index (κ3) is 3.16. The molecule has 0 heterocycles. The Kier molecular flexibility index (Phi) is 4.20. The van der Waals surface area contributed by atoms with Gasteiger partial charge in [-0.2, -0.15) is 0 Å². The number of benzene rings is 1. The van der Waals surface area contributed by atoms with Gasteiger partial charge in [0.15, 0.2) is 0 Å². The Balaban J connectivity index is 2.40. The molecule has 1 aliphatic carbocycles. The molecule has 0 radical (unpaired) electrons. The van der Waals surface area contributed by atoms with Gasteiger partial charge in [0.05, 0.1) is 9.82 Å². The first-order chi connectivity index (χ1) is 9.72. The zero-order chi connectivity index (χ0) is 15.8. The molecule has 0 amide bonds. The minimum absolute atomic E-state index is 0.0364. The van der Waals surface area contributed by atoms with Crippen molar-refractivity contribution in [3.05, 3.63) is 27.8 Å². The third-order valence-electron chi connectivity index (χ3n) is 3.98. The highest BCUT2D eigenvalue weighted by Crippen LogP contribution is 2.30. The van der Waals surface area contributed by atoms with Gasteiger partial charge in [0.25, 0.3) is 5.69 Å². The summed E-state index contributed by atoms with van der Waals surface area (Å²) >= 11 is 0. The first-order valence-electron chi connectivity index (χ1n) is 6.79. The molecule has 2 unspecified atom stereocenters. The summed E-state index contributed by atoms with van der Waals surface area (Å²) in [5.74, 6) is 0.267. The lowest BCUT2D eigenvalue weighted by Crippen LogP contribution is -2.36. The molecule has 0 saturated heterocycles. The van der Waals surface area contributed by atoms with Crippen LogP contribution in [0, 0.1) is 23.0 Å². The van der Waals surface area contributed by atoms with Crippen molar-refractivity contribution >= 4 is 21.4 Å². The molecule has 3 N–H and O–H groups in total. The van der Waals surface area contributed by atoms with E-state index in [4.69, 9.17) is 5.73 Å². The van der Waals surface area contributed by atoms with Crippen molar-refractivity contribution in [3.63, 3.8) is 0 Å². The monoisotopic (exact) mass is 313 g/mol. The molecule has 21 heavy (non-hydrogen) atoms. The fourth-order valence-corrected chi connectivity index (χ4v) is 4.36. The summed E-state index contributed by atoms with van der Waals surface area (Å²) in [6.07, 6.45) is 2.75. The quantitative estimate of drug-likeness (QED) is 0.501. The number of nitrogen functional groups attached to an aromatic ring is 1. The summed E-state index contributed by atoms with van der Waals surface area (Å²) in [7, 11) is -3.79. The average molecular weight is 313 g/mol. The predicted octanol–water partition coefficient (Wildman–Crippen LogP) is 1.95. The van der Waals surface area contributed by atoms with Gasteiger partial charge in [0.2, 0.25) is 10.0 Å². The number of nitrogens with zero attached hydrogens (tertiary/aromatic N) is 1. The van der Waals surface area contributed by atoms with Crippen molar-refractivity contribution in [2.24, 2.45) is 5.92 Å². The maximum absolute atomic E-state index is 12.5. The molecule has 1 aromatic carbocycles. The fourth-order valence-electron chi connectivity index (χ4n) is 2.73. The first kappa shape index (κ1) is 15.7. The number of anilines is 1. The van der Waals surface area contributed by atoms with Crippen molar-refractivity contribution in [3.8, 4) is 0 Å². The lowest BCUT2D eigenvalue weighted by atomic mass is 10.1. The normalized spacial score (nSPS) is 22.4. The van der Waals surface area contributed by atoms with Crippen LogP contribution in [0.4, 0.5) is 11.4 Å². The molecule has 8 heteroatoms. The molecular formula is C13H19N3O4S. The van der Waals surface area contributed by atoms with Gasteiger partial charge in [-0.15, -0.1) is 0 Å². The Morgan fingerprint density at radius 3 is 2.57 bits per heavy atom. The number of nitro benzene ring substituents is 1. The largest absolute Gasteiger partial charge is 0.393 e. The standard InChI is InChI=1S/C13H19N3O4S/c1-8-4-3-5-11(8)15-21(19,20)13-7-12(16(17)18)10(14)6-9(13)2/h6-8,11,15H,3-5,14H2,1-2H3. The molecule has 1 fully saturated rings. The number of nitrogens with one attached hydrogen (secondary N) is 1. The smallest absolute Gasteiger partial charge is 0.293 e. The minimum Gasteiger partial charge on any atom is -0.393 e. The second-order valence-corrected chi connectivity index (χ2v) is 7.25. The van der Waals surface area contributed by atoms with E-state index >= 15 is 0 Å². The van der Waals surface area contributed by atoms with Crippen LogP contribution in [0.15, 0.2) is 17.0 Å². The van der Waals surface area contributed by atoms with Crippen LogP contribution < -0.4 is 10.5 Å². The highest BCUT2D eigenvalue weighted by Gasteiger charge is 2.30. The summed E-state index contributed by atoms with van der Waals surface area (Å²) in [6.45, 7) is 3.57. The molecule has 1 aliphatic rings. The molecule has 0 aliphatic heterocycles. The van der Waals surface area contributed by atoms with Crippen molar-refractivity contribution in [2.75, 3.05) is 5.73 Å². The Labute approximate surface area is 123 Å². The van der Waals surface area contributed by atoms with Gasteiger partial charge in [0, 0.05) is 12.1 Å². The molecule has 0 spiro atoms. The van der Waals surface area contributed by atoms with Crippen LogP contribution in [0.25, 0.3) is 0 Å². The zero-order valence-corrected chi connectivity index (χ0v) is 12.8. The van der Waals surface area contributed by atoms with Gasteiger partial charge >= 0.3 is 0 Å². The molecule has 0 aromatic heterocycles. The molecule has 1 saturated carbocycles. The molecule has 0 bridgehead atoms. The van der Waals surface area contributed by atoms with Gasteiger partial charge in [0.1, 0.15) is 5.69 Å². The maximum Gasteiger partial charge on any atom is 0.293 e. The van der Waals surface area contributed by atoms with Crippen LogP contribution in [-0.4, -0.2) is 19.4 Å². The summed E-state index contributed by atoms with van der Waals surface area (Å²) in [6, 6.07) is 2.24. The lowest BCUT2D eigenvalue weighted by molar-refractivity contribution is -0.384. The Hall–Kier alpha value is -1.67. The van der Waals surface area contributed by atoms with Gasteiger partial charge in [-0.25, -0.2) is 13.1 Å². The van der Waals surface area contributed by atoms with E-state index in [9.17, 15) is 18.5 Å². The number of hydrogen-bond acceptors (Lipinski definition) is 5. The topological polar surface area (TPSA) is 115 Å². The van der Waals surface area contributed by atoms with Gasteiger partial charge in [-0.1, -0.05) is 13.3 Å². The highest BCUT2D eigenvalue weighted by molar-refractivity contribution is 7.89. The van der Waals surface area contributed by atoms with Crippen molar-refractivity contribution < 1.29 is 13.3 Å². The summed E-state index contributed by atoms with van der Waals surface area (Å²) < 4.78 is 27.6. The Morgan fingerprint density at radius 2 is 2.05 bits per heavy atom. The first-order valence-corrected chi connectivity index (χ1v) is 8.27. The minimum atomic E-state index is -3.79. The summed E-state index contributed by atoms with van der Waals surface area (Å²) in [4.78, 5) is 10.2. The zero-order valence-electron chi connectivity index (χ0n) is 12.0. The summed E-state index contributed by atoms with van der Waals surface area (Å²) in [5, 5.41) is 10.9. The molecule has 116 valence electrons. The van der Waals surface area contributed by atoms with E-state index in [1.54, 1.807) is 6.92 Å². The van der Waals surface area contributed by atoms with E-state index in [0.29, 0.717) is 5.56 Å². The number of hydrogen-bond donors (Lipinski definition) is 2. The number of nitro groups is 1. The SMILES string of the molecule is Cc1cc(N)c([N+](=O)[O-])cc1S(=O)(=O)NC1CCCC1C. The van der Waals surface area contributed by atoms with E-state index in [1.165, 1.54) is 6.07 Å². The second-order valence-electron chi connectivity index (χ2n) is 5.57. The number of rotatable bonds is 4. The van der Waals surface area contributed by atoms with Crippen LogP contribution in [0.2, 0.25) is 0 Å². The second kappa shape index (κ2) is 5.61. The predicted molar refractivity (Wildman–Crippen MR) is 79.4 cm³/mol. The fraction of sp³-hybridized carbons (Fsp3) is 0.538. The van der Waals surface area contributed by atoms with Crippen molar-refractivity contribution in [2.45, 2.75) is 44.0 Å².